The molecule has 4 nitrogen and oxygen atoms in total. The van der Waals surface area contributed by atoms with E-state index >= 15 is 0 Å². The van der Waals surface area contributed by atoms with Gasteiger partial charge >= 0.3 is 0 Å². The van der Waals surface area contributed by atoms with Gasteiger partial charge in [-0.2, -0.15) is 0 Å². The molecule has 1 saturated heterocycles. The van der Waals surface area contributed by atoms with Gasteiger partial charge in [-0.1, -0.05) is 6.07 Å². The Hall–Kier alpha value is -1.42. The molecule has 0 saturated carbocycles. The maximum absolute atomic E-state index is 10.6. The number of rotatable bonds is 3. The zero-order chi connectivity index (χ0) is 11.4. The third-order valence-electron chi connectivity index (χ3n) is 3.15. The highest BCUT2D eigenvalue weighted by Crippen LogP contribution is 2.20. The van der Waals surface area contributed by atoms with Crippen molar-refractivity contribution in [2.24, 2.45) is 11.7 Å². The smallest absolute Gasteiger partial charge is 0.168 e. The number of carbonyl (C=O) groups is 1. The number of carbonyl (C=O) groups excluding carboxylic acids is 1. The van der Waals surface area contributed by atoms with Gasteiger partial charge in [-0.15, -0.1) is 0 Å². The first-order valence-corrected chi connectivity index (χ1v) is 5.70. The second-order valence-corrected chi connectivity index (χ2v) is 4.20. The highest BCUT2D eigenvalue weighted by Gasteiger charge is 2.18. The van der Waals surface area contributed by atoms with Crippen LogP contribution in [0, 0.1) is 5.92 Å². The van der Waals surface area contributed by atoms with Crippen molar-refractivity contribution >= 4 is 12.1 Å². The van der Waals surface area contributed by atoms with Crippen molar-refractivity contribution < 1.29 is 4.79 Å². The summed E-state index contributed by atoms with van der Waals surface area (Å²) in [5.41, 5.74) is 6.15. The number of hydrogen-bond donors (Lipinski definition) is 1. The molecule has 1 aliphatic heterocycles. The first-order valence-electron chi connectivity index (χ1n) is 5.70. The fourth-order valence-electron chi connectivity index (χ4n) is 2.08. The fourth-order valence-corrected chi connectivity index (χ4v) is 2.08. The van der Waals surface area contributed by atoms with E-state index in [2.05, 4.69) is 9.88 Å². The summed E-state index contributed by atoms with van der Waals surface area (Å²) >= 11 is 0. The summed E-state index contributed by atoms with van der Waals surface area (Å²) in [7, 11) is 0. The van der Waals surface area contributed by atoms with Crippen molar-refractivity contribution in [2.75, 3.05) is 24.5 Å². The Morgan fingerprint density at radius 2 is 2.19 bits per heavy atom. The third kappa shape index (κ3) is 2.39. The molecule has 1 fully saturated rings. The van der Waals surface area contributed by atoms with Gasteiger partial charge in [0.2, 0.25) is 0 Å². The fraction of sp³-hybridized carbons (Fsp3) is 0.500. The van der Waals surface area contributed by atoms with E-state index in [9.17, 15) is 4.79 Å². The van der Waals surface area contributed by atoms with E-state index in [1.165, 1.54) is 0 Å². The van der Waals surface area contributed by atoms with Gasteiger partial charge in [-0.25, -0.2) is 4.98 Å². The molecule has 4 heteroatoms. The molecule has 0 bridgehead atoms. The van der Waals surface area contributed by atoms with E-state index in [1.54, 1.807) is 6.07 Å². The Morgan fingerprint density at radius 1 is 1.44 bits per heavy atom. The van der Waals surface area contributed by atoms with E-state index in [4.69, 9.17) is 5.73 Å². The third-order valence-corrected chi connectivity index (χ3v) is 3.15. The summed E-state index contributed by atoms with van der Waals surface area (Å²) < 4.78 is 0. The van der Waals surface area contributed by atoms with Crippen LogP contribution in [0.1, 0.15) is 23.3 Å². The van der Waals surface area contributed by atoms with Crippen LogP contribution >= 0.6 is 0 Å². The van der Waals surface area contributed by atoms with Crippen LogP contribution in [0.3, 0.4) is 0 Å². The summed E-state index contributed by atoms with van der Waals surface area (Å²) in [5, 5.41) is 0. The van der Waals surface area contributed by atoms with Gasteiger partial charge in [0.15, 0.2) is 6.29 Å². The molecule has 86 valence electrons. The minimum Gasteiger partial charge on any atom is -0.357 e. The Labute approximate surface area is 95.5 Å². The molecule has 0 radical (unpaired) electrons. The predicted octanol–water partition coefficient (Wildman–Crippen LogP) is 1.07. The molecule has 0 aliphatic carbocycles. The molecule has 0 unspecified atom stereocenters. The molecule has 0 spiro atoms. The molecule has 16 heavy (non-hydrogen) atoms. The maximum atomic E-state index is 10.6. The van der Waals surface area contributed by atoms with Crippen LogP contribution in [0.2, 0.25) is 0 Å². The molecular weight excluding hydrogens is 202 g/mol. The number of piperidine rings is 1. The van der Waals surface area contributed by atoms with Crippen molar-refractivity contribution in [1.82, 2.24) is 4.98 Å². The number of aldehydes is 1. The minimum absolute atomic E-state index is 0.499. The SMILES string of the molecule is NCC1CCN(c2cccc(C=O)n2)CC1. The molecular formula is C12H17N3O. The highest BCUT2D eigenvalue weighted by molar-refractivity contribution is 5.72. The number of nitrogens with two attached hydrogens (primary N) is 1. The van der Waals surface area contributed by atoms with Crippen LogP contribution in [0.15, 0.2) is 18.2 Å². The summed E-state index contributed by atoms with van der Waals surface area (Å²) in [6.45, 7) is 2.74. The first-order chi connectivity index (χ1) is 7.83. The van der Waals surface area contributed by atoms with Gasteiger partial charge in [0.05, 0.1) is 0 Å². The van der Waals surface area contributed by atoms with Crippen LogP contribution in [0.5, 0.6) is 0 Å². The predicted molar refractivity (Wildman–Crippen MR) is 63.6 cm³/mol. The number of anilines is 1. The lowest BCUT2D eigenvalue weighted by atomic mass is 9.97. The standard InChI is InChI=1S/C12H17N3O/c13-8-10-4-6-15(7-5-10)12-3-1-2-11(9-16)14-12/h1-3,9-10H,4-8,13H2. The lowest BCUT2D eigenvalue weighted by Crippen LogP contribution is -2.36. The average molecular weight is 219 g/mol. The number of pyridine rings is 1. The lowest BCUT2D eigenvalue weighted by molar-refractivity contribution is 0.111. The monoisotopic (exact) mass is 219 g/mol. The second kappa shape index (κ2) is 5.07. The van der Waals surface area contributed by atoms with Gasteiger partial charge in [0.25, 0.3) is 0 Å². The van der Waals surface area contributed by atoms with Crippen LogP contribution in [-0.4, -0.2) is 30.9 Å². The van der Waals surface area contributed by atoms with E-state index in [0.717, 1.165) is 44.6 Å². The summed E-state index contributed by atoms with van der Waals surface area (Å²) in [4.78, 5) is 17.2. The zero-order valence-corrected chi connectivity index (χ0v) is 9.30. The summed E-state index contributed by atoms with van der Waals surface area (Å²) in [5.74, 6) is 1.55. The zero-order valence-electron chi connectivity index (χ0n) is 9.30. The Balaban J connectivity index is 2.05. The second-order valence-electron chi connectivity index (χ2n) is 4.20. The normalized spacial score (nSPS) is 17.4. The Kier molecular flexibility index (Phi) is 3.51. The van der Waals surface area contributed by atoms with Crippen molar-refractivity contribution in [3.05, 3.63) is 23.9 Å². The van der Waals surface area contributed by atoms with Gasteiger partial charge in [-0.3, -0.25) is 4.79 Å². The Bertz CT molecular complexity index is 359. The first kappa shape index (κ1) is 11.1. The largest absolute Gasteiger partial charge is 0.357 e. The van der Waals surface area contributed by atoms with Crippen LogP contribution in [0.25, 0.3) is 0 Å². The van der Waals surface area contributed by atoms with E-state index in [-0.39, 0.29) is 0 Å². The van der Waals surface area contributed by atoms with Gasteiger partial charge in [0.1, 0.15) is 11.5 Å². The summed E-state index contributed by atoms with van der Waals surface area (Å²) in [6, 6.07) is 5.56. The van der Waals surface area contributed by atoms with Crippen molar-refractivity contribution in [3.63, 3.8) is 0 Å². The molecule has 0 amide bonds. The number of aromatic nitrogens is 1. The Morgan fingerprint density at radius 3 is 2.81 bits per heavy atom. The molecule has 0 aromatic carbocycles. The van der Waals surface area contributed by atoms with Crippen LogP contribution < -0.4 is 10.6 Å². The van der Waals surface area contributed by atoms with Crippen molar-refractivity contribution in [2.45, 2.75) is 12.8 Å². The van der Waals surface area contributed by atoms with E-state index < -0.39 is 0 Å². The van der Waals surface area contributed by atoms with Gasteiger partial charge < -0.3 is 10.6 Å². The van der Waals surface area contributed by atoms with E-state index in [1.807, 2.05) is 12.1 Å². The molecule has 2 N–H and O–H groups in total. The number of hydrogen-bond acceptors (Lipinski definition) is 4. The molecule has 1 aliphatic rings. The van der Waals surface area contributed by atoms with Gasteiger partial charge in [0, 0.05) is 13.1 Å². The average Bonchev–Trinajstić information content (AvgIpc) is 2.39. The molecule has 1 aromatic rings. The topological polar surface area (TPSA) is 59.2 Å². The maximum Gasteiger partial charge on any atom is 0.168 e. The number of nitrogens with zero attached hydrogens (tertiary/aromatic N) is 2. The molecule has 1 aromatic heterocycles. The lowest BCUT2D eigenvalue weighted by Gasteiger charge is -2.32. The molecule has 2 rings (SSSR count). The summed E-state index contributed by atoms with van der Waals surface area (Å²) in [6.07, 6.45) is 3.02. The van der Waals surface area contributed by atoms with Crippen molar-refractivity contribution in [1.29, 1.82) is 0 Å². The quantitative estimate of drug-likeness (QED) is 0.772. The van der Waals surface area contributed by atoms with Crippen LogP contribution in [0.4, 0.5) is 5.82 Å². The van der Waals surface area contributed by atoms with E-state index in [0.29, 0.717) is 11.6 Å². The van der Waals surface area contributed by atoms with Crippen LogP contribution in [-0.2, 0) is 0 Å². The molecule has 0 atom stereocenters. The minimum atomic E-state index is 0.499. The molecule has 2 heterocycles. The van der Waals surface area contributed by atoms with Crippen molar-refractivity contribution in [3.8, 4) is 0 Å². The van der Waals surface area contributed by atoms with Gasteiger partial charge in [-0.05, 0) is 37.4 Å². The highest BCUT2D eigenvalue weighted by atomic mass is 16.1.